The van der Waals surface area contributed by atoms with Gasteiger partial charge in [0.05, 0.1) is 46.2 Å². The first-order valence-electron chi connectivity index (χ1n) is 12.3. The second-order valence-corrected chi connectivity index (χ2v) is 8.53. The molecule has 6 heteroatoms. The maximum absolute atomic E-state index is 6.17. The molecule has 1 unspecified atom stereocenters. The van der Waals surface area contributed by atoms with E-state index in [0.29, 0.717) is 46.2 Å². The van der Waals surface area contributed by atoms with E-state index in [-0.39, 0.29) is 6.10 Å². The van der Waals surface area contributed by atoms with Gasteiger partial charge in [0.1, 0.15) is 6.10 Å². The molecule has 34 heavy (non-hydrogen) atoms. The Labute approximate surface area is 205 Å². The van der Waals surface area contributed by atoms with Crippen molar-refractivity contribution in [2.75, 3.05) is 72.4 Å². The van der Waals surface area contributed by atoms with Gasteiger partial charge in [-0.2, -0.15) is 0 Å². The Balaban J connectivity index is 1.58. The van der Waals surface area contributed by atoms with Crippen molar-refractivity contribution in [2.45, 2.75) is 19.2 Å². The number of rotatable bonds is 8. The van der Waals surface area contributed by atoms with Gasteiger partial charge < -0.3 is 18.9 Å². The first kappa shape index (κ1) is 26.5. The number of hydrogen-bond acceptors (Lipinski definition) is 6. The van der Waals surface area contributed by atoms with Gasteiger partial charge in [0.25, 0.3) is 0 Å². The molecule has 3 rings (SSSR count). The molecule has 0 aliphatic carbocycles. The van der Waals surface area contributed by atoms with Crippen molar-refractivity contribution in [3.63, 3.8) is 0 Å². The summed E-state index contributed by atoms with van der Waals surface area (Å²) in [5.41, 5.74) is 2.59. The van der Waals surface area contributed by atoms with Gasteiger partial charge in [0.15, 0.2) is 0 Å². The number of nitrogens with zero attached hydrogens (tertiary/aromatic N) is 2. The highest BCUT2D eigenvalue weighted by atomic mass is 16.6. The molecule has 0 aromatic heterocycles. The SMILES string of the molecule is C=CCOCC1COCCN(Cc2ccccc2)CCOCCN(Cc2ccccc2)CCO1. The highest BCUT2D eigenvalue weighted by Gasteiger charge is 2.14. The van der Waals surface area contributed by atoms with E-state index >= 15 is 0 Å². The van der Waals surface area contributed by atoms with E-state index in [9.17, 15) is 0 Å². The Morgan fingerprint density at radius 1 is 0.765 bits per heavy atom. The normalized spacial score (nSPS) is 20.3. The summed E-state index contributed by atoms with van der Waals surface area (Å²) in [5, 5.41) is 0. The summed E-state index contributed by atoms with van der Waals surface area (Å²) in [5.74, 6) is 0. The maximum atomic E-state index is 6.17. The average molecular weight is 469 g/mol. The lowest BCUT2D eigenvalue weighted by Gasteiger charge is -2.24. The third-order valence-electron chi connectivity index (χ3n) is 5.76. The van der Waals surface area contributed by atoms with Crippen LogP contribution in [0, 0.1) is 0 Å². The van der Waals surface area contributed by atoms with Crippen molar-refractivity contribution in [3.05, 3.63) is 84.4 Å². The van der Waals surface area contributed by atoms with Crippen molar-refractivity contribution in [3.8, 4) is 0 Å². The Kier molecular flexibility index (Phi) is 12.9. The van der Waals surface area contributed by atoms with Crippen LogP contribution in [0.3, 0.4) is 0 Å². The van der Waals surface area contributed by atoms with Crippen molar-refractivity contribution >= 4 is 0 Å². The van der Waals surface area contributed by atoms with Crippen LogP contribution in [0.1, 0.15) is 11.1 Å². The smallest absolute Gasteiger partial charge is 0.104 e. The predicted molar refractivity (Wildman–Crippen MR) is 136 cm³/mol. The lowest BCUT2D eigenvalue weighted by atomic mass is 10.2. The molecule has 0 spiro atoms. The summed E-state index contributed by atoms with van der Waals surface area (Å²) < 4.78 is 23.9. The van der Waals surface area contributed by atoms with Crippen molar-refractivity contribution in [2.24, 2.45) is 0 Å². The van der Waals surface area contributed by atoms with E-state index in [1.807, 2.05) is 0 Å². The Bertz CT molecular complexity index is 774. The van der Waals surface area contributed by atoms with Crippen LogP contribution in [0.15, 0.2) is 73.3 Å². The molecule has 1 aliphatic heterocycles. The van der Waals surface area contributed by atoms with Crippen LogP contribution in [0.5, 0.6) is 0 Å². The fourth-order valence-electron chi connectivity index (χ4n) is 3.90. The minimum atomic E-state index is -0.0949. The van der Waals surface area contributed by atoms with Crippen LogP contribution in [0.4, 0.5) is 0 Å². The van der Waals surface area contributed by atoms with Gasteiger partial charge in [-0.1, -0.05) is 66.7 Å². The molecule has 1 heterocycles. The summed E-state index contributed by atoms with van der Waals surface area (Å²) in [4.78, 5) is 4.78. The molecule has 186 valence electrons. The fraction of sp³-hybridized carbons (Fsp3) is 0.500. The standard InChI is InChI=1S/C28H40N2O4/c1-2-17-32-24-28-25-33-20-15-29(22-26-9-5-3-6-10-26)13-18-31-19-14-30(16-21-34-28)23-27-11-7-4-8-12-27/h2-12,28H,1,13-25H2. The van der Waals surface area contributed by atoms with Crippen LogP contribution in [0.25, 0.3) is 0 Å². The minimum absolute atomic E-state index is 0.0949. The van der Waals surface area contributed by atoms with E-state index in [0.717, 1.165) is 39.3 Å². The van der Waals surface area contributed by atoms with Crippen LogP contribution >= 0.6 is 0 Å². The van der Waals surface area contributed by atoms with Crippen LogP contribution in [-0.2, 0) is 32.0 Å². The third kappa shape index (κ3) is 10.9. The molecular weight excluding hydrogens is 428 g/mol. The highest BCUT2D eigenvalue weighted by molar-refractivity contribution is 5.15. The monoisotopic (exact) mass is 468 g/mol. The Morgan fingerprint density at radius 2 is 1.29 bits per heavy atom. The molecule has 2 aromatic rings. The van der Waals surface area contributed by atoms with Crippen molar-refractivity contribution in [1.29, 1.82) is 0 Å². The molecule has 0 amide bonds. The Morgan fingerprint density at radius 3 is 1.85 bits per heavy atom. The average Bonchev–Trinajstić information content (AvgIpc) is 2.87. The van der Waals surface area contributed by atoms with Gasteiger partial charge >= 0.3 is 0 Å². The van der Waals surface area contributed by atoms with Gasteiger partial charge in [0.2, 0.25) is 0 Å². The first-order valence-corrected chi connectivity index (χ1v) is 12.3. The lowest BCUT2D eigenvalue weighted by Crippen LogP contribution is -2.34. The van der Waals surface area contributed by atoms with E-state index < -0.39 is 0 Å². The topological polar surface area (TPSA) is 43.4 Å². The molecule has 0 saturated carbocycles. The lowest BCUT2D eigenvalue weighted by molar-refractivity contribution is -0.0623. The Hall–Kier alpha value is -2.06. The zero-order valence-corrected chi connectivity index (χ0v) is 20.4. The van der Waals surface area contributed by atoms with Crippen molar-refractivity contribution < 1.29 is 18.9 Å². The van der Waals surface area contributed by atoms with Gasteiger partial charge in [-0.05, 0) is 11.1 Å². The molecule has 6 nitrogen and oxygen atoms in total. The van der Waals surface area contributed by atoms with Gasteiger partial charge in [-0.3, -0.25) is 9.80 Å². The third-order valence-corrected chi connectivity index (χ3v) is 5.76. The second kappa shape index (κ2) is 16.5. The minimum Gasteiger partial charge on any atom is -0.379 e. The van der Waals surface area contributed by atoms with Gasteiger partial charge in [-0.15, -0.1) is 6.58 Å². The number of ether oxygens (including phenoxy) is 4. The fourth-order valence-corrected chi connectivity index (χ4v) is 3.90. The van der Waals surface area contributed by atoms with E-state index in [1.165, 1.54) is 11.1 Å². The van der Waals surface area contributed by atoms with E-state index in [2.05, 4.69) is 77.0 Å². The van der Waals surface area contributed by atoms with Crippen LogP contribution in [-0.4, -0.2) is 88.3 Å². The second-order valence-electron chi connectivity index (χ2n) is 8.53. The number of hydrogen-bond donors (Lipinski definition) is 0. The van der Waals surface area contributed by atoms with Crippen LogP contribution in [0.2, 0.25) is 0 Å². The molecule has 1 saturated heterocycles. The first-order chi connectivity index (χ1) is 16.8. The van der Waals surface area contributed by atoms with Gasteiger partial charge in [-0.25, -0.2) is 0 Å². The van der Waals surface area contributed by atoms with Gasteiger partial charge in [0, 0.05) is 39.3 Å². The molecule has 2 aromatic carbocycles. The molecular formula is C28H40N2O4. The molecule has 1 fully saturated rings. The maximum Gasteiger partial charge on any atom is 0.104 e. The summed E-state index contributed by atoms with van der Waals surface area (Å²) in [7, 11) is 0. The zero-order valence-electron chi connectivity index (χ0n) is 20.4. The molecule has 1 aliphatic rings. The zero-order chi connectivity index (χ0) is 23.7. The van der Waals surface area contributed by atoms with E-state index in [4.69, 9.17) is 18.9 Å². The van der Waals surface area contributed by atoms with Crippen LogP contribution < -0.4 is 0 Å². The quantitative estimate of drug-likeness (QED) is 0.436. The number of benzene rings is 2. The summed E-state index contributed by atoms with van der Waals surface area (Å²) in [6.07, 6.45) is 1.67. The molecule has 0 bridgehead atoms. The summed E-state index contributed by atoms with van der Waals surface area (Å²) >= 11 is 0. The molecule has 1 atom stereocenters. The highest BCUT2D eigenvalue weighted by Crippen LogP contribution is 2.07. The predicted octanol–water partition coefficient (Wildman–Crippen LogP) is 3.63. The molecule has 0 radical (unpaired) electrons. The summed E-state index contributed by atoms with van der Waals surface area (Å²) in [6, 6.07) is 21.1. The van der Waals surface area contributed by atoms with Crippen molar-refractivity contribution in [1.82, 2.24) is 9.80 Å². The van der Waals surface area contributed by atoms with E-state index in [1.54, 1.807) is 6.08 Å². The largest absolute Gasteiger partial charge is 0.379 e. The molecule has 0 N–H and O–H groups in total. The summed E-state index contributed by atoms with van der Waals surface area (Å²) in [6.45, 7) is 13.1.